The lowest BCUT2D eigenvalue weighted by Gasteiger charge is -1.99. The standard InChI is InChI=1S/C10H8BrF2NO/c11-6-3-7(12)9(13)10-8(6)5(1-2-14)4-15-10/h3-4H,1-2,14H2. The summed E-state index contributed by atoms with van der Waals surface area (Å²) in [6.07, 6.45) is 1.97. The molecule has 2 rings (SSSR count). The Hall–Kier alpha value is -0.940. The molecule has 1 heterocycles. The van der Waals surface area contributed by atoms with Gasteiger partial charge in [0.2, 0.25) is 5.82 Å². The van der Waals surface area contributed by atoms with Gasteiger partial charge >= 0.3 is 0 Å². The highest BCUT2D eigenvalue weighted by molar-refractivity contribution is 9.10. The van der Waals surface area contributed by atoms with Crippen LogP contribution in [0.1, 0.15) is 5.56 Å². The fourth-order valence-electron chi connectivity index (χ4n) is 1.51. The maximum atomic E-state index is 13.3. The summed E-state index contributed by atoms with van der Waals surface area (Å²) in [5.74, 6) is -1.89. The number of fused-ring (bicyclic) bond motifs is 1. The van der Waals surface area contributed by atoms with E-state index in [9.17, 15) is 8.78 Å². The van der Waals surface area contributed by atoms with Crippen LogP contribution in [-0.2, 0) is 6.42 Å². The molecule has 0 aliphatic heterocycles. The minimum atomic E-state index is -0.962. The Kier molecular flexibility index (Phi) is 2.75. The zero-order valence-electron chi connectivity index (χ0n) is 7.69. The van der Waals surface area contributed by atoms with Crippen molar-refractivity contribution in [3.8, 4) is 0 Å². The number of hydrogen-bond acceptors (Lipinski definition) is 2. The Labute approximate surface area is 93.2 Å². The summed E-state index contributed by atoms with van der Waals surface area (Å²) < 4.78 is 31.8. The number of rotatable bonds is 2. The van der Waals surface area contributed by atoms with Crippen LogP contribution in [0.3, 0.4) is 0 Å². The number of benzene rings is 1. The third-order valence-corrected chi connectivity index (χ3v) is 2.81. The first-order valence-electron chi connectivity index (χ1n) is 4.38. The first-order chi connectivity index (χ1) is 7.15. The zero-order valence-corrected chi connectivity index (χ0v) is 9.27. The summed E-state index contributed by atoms with van der Waals surface area (Å²) >= 11 is 3.17. The lowest BCUT2D eigenvalue weighted by atomic mass is 10.1. The molecule has 2 N–H and O–H groups in total. The van der Waals surface area contributed by atoms with Crippen molar-refractivity contribution < 1.29 is 13.2 Å². The van der Waals surface area contributed by atoms with Gasteiger partial charge in [0, 0.05) is 15.4 Å². The van der Waals surface area contributed by atoms with Crippen LogP contribution in [0.4, 0.5) is 8.78 Å². The SMILES string of the molecule is NCCc1coc2c(F)c(F)cc(Br)c12. The Morgan fingerprint density at radius 2 is 2.13 bits per heavy atom. The van der Waals surface area contributed by atoms with Gasteiger partial charge < -0.3 is 10.2 Å². The first kappa shape index (κ1) is 10.6. The number of furan rings is 1. The molecule has 0 saturated heterocycles. The second kappa shape index (κ2) is 3.90. The summed E-state index contributed by atoms with van der Waals surface area (Å²) in [7, 11) is 0. The number of hydrogen-bond donors (Lipinski definition) is 1. The number of nitrogens with two attached hydrogens (primary N) is 1. The summed E-state index contributed by atoms with van der Waals surface area (Å²) in [5, 5.41) is 0.555. The molecule has 0 saturated carbocycles. The Morgan fingerprint density at radius 3 is 2.80 bits per heavy atom. The lowest BCUT2D eigenvalue weighted by Crippen LogP contribution is -2.02. The second-order valence-corrected chi connectivity index (χ2v) is 4.01. The topological polar surface area (TPSA) is 39.2 Å². The van der Waals surface area contributed by atoms with E-state index in [4.69, 9.17) is 10.2 Å². The van der Waals surface area contributed by atoms with Crippen molar-refractivity contribution >= 4 is 26.9 Å². The smallest absolute Gasteiger partial charge is 0.201 e. The zero-order chi connectivity index (χ0) is 11.0. The van der Waals surface area contributed by atoms with Gasteiger partial charge in [0.05, 0.1) is 6.26 Å². The molecule has 0 amide bonds. The van der Waals surface area contributed by atoms with Crippen molar-refractivity contribution in [3.05, 3.63) is 34.0 Å². The first-order valence-corrected chi connectivity index (χ1v) is 5.18. The highest BCUT2D eigenvalue weighted by Gasteiger charge is 2.17. The summed E-state index contributed by atoms with van der Waals surface area (Å²) in [4.78, 5) is 0. The van der Waals surface area contributed by atoms with E-state index in [1.807, 2.05) is 0 Å². The molecule has 15 heavy (non-hydrogen) atoms. The highest BCUT2D eigenvalue weighted by atomic mass is 79.9. The van der Waals surface area contributed by atoms with E-state index < -0.39 is 11.6 Å². The molecule has 0 radical (unpaired) electrons. The fourth-order valence-corrected chi connectivity index (χ4v) is 2.15. The third kappa shape index (κ3) is 1.66. The number of halogens is 3. The summed E-state index contributed by atoms with van der Waals surface area (Å²) in [5.41, 5.74) is 6.12. The molecule has 2 nitrogen and oxygen atoms in total. The van der Waals surface area contributed by atoms with Gasteiger partial charge in [-0.25, -0.2) is 4.39 Å². The fraction of sp³-hybridized carbons (Fsp3) is 0.200. The second-order valence-electron chi connectivity index (χ2n) is 3.16. The van der Waals surface area contributed by atoms with E-state index in [0.717, 1.165) is 11.6 Å². The normalized spacial score (nSPS) is 11.2. The summed E-state index contributed by atoms with van der Waals surface area (Å²) in [6, 6.07) is 1.09. The van der Waals surface area contributed by atoms with E-state index in [1.54, 1.807) is 0 Å². The molecule has 5 heteroatoms. The third-order valence-electron chi connectivity index (χ3n) is 2.18. The predicted octanol–water partition coefficient (Wildman–Crippen LogP) is 2.97. The van der Waals surface area contributed by atoms with E-state index in [1.165, 1.54) is 6.26 Å². The van der Waals surface area contributed by atoms with Crippen molar-refractivity contribution in [2.45, 2.75) is 6.42 Å². The average Bonchev–Trinajstić information content (AvgIpc) is 2.59. The minimum Gasteiger partial charge on any atom is -0.461 e. The molecule has 0 bridgehead atoms. The Morgan fingerprint density at radius 1 is 1.40 bits per heavy atom. The molecular weight excluding hydrogens is 268 g/mol. The van der Waals surface area contributed by atoms with E-state index >= 15 is 0 Å². The van der Waals surface area contributed by atoms with Gasteiger partial charge in [-0.15, -0.1) is 0 Å². The Balaban J connectivity index is 2.75. The molecule has 0 fully saturated rings. The molecule has 0 unspecified atom stereocenters. The molecule has 1 aromatic heterocycles. The van der Waals surface area contributed by atoms with Crippen LogP contribution in [0.5, 0.6) is 0 Å². The molecular formula is C10H8BrF2NO. The maximum absolute atomic E-state index is 13.3. The summed E-state index contributed by atoms with van der Waals surface area (Å²) in [6.45, 7) is 0.431. The van der Waals surface area contributed by atoms with Crippen LogP contribution in [0.2, 0.25) is 0 Å². The molecule has 0 aliphatic carbocycles. The van der Waals surface area contributed by atoms with E-state index in [-0.39, 0.29) is 5.58 Å². The van der Waals surface area contributed by atoms with Crippen molar-refractivity contribution in [3.63, 3.8) is 0 Å². The van der Waals surface area contributed by atoms with Crippen LogP contribution < -0.4 is 5.73 Å². The van der Waals surface area contributed by atoms with Crippen LogP contribution in [0.15, 0.2) is 21.2 Å². The van der Waals surface area contributed by atoms with Crippen LogP contribution in [0.25, 0.3) is 11.0 Å². The van der Waals surface area contributed by atoms with Crippen LogP contribution >= 0.6 is 15.9 Å². The molecule has 80 valence electrons. The van der Waals surface area contributed by atoms with Gasteiger partial charge in [-0.05, 0) is 35.0 Å². The molecule has 0 atom stereocenters. The van der Waals surface area contributed by atoms with Crippen LogP contribution in [0, 0.1) is 11.6 Å². The van der Waals surface area contributed by atoms with Gasteiger partial charge in [-0.2, -0.15) is 4.39 Å². The van der Waals surface area contributed by atoms with Gasteiger partial charge in [-0.1, -0.05) is 0 Å². The lowest BCUT2D eigenvalue weighted by molar-refractivity contribution is 0.491. The van der Waals surface area contributed by atoms with Crippen molar-refractivity contribution in [1.82, 2.24) is 0 Å². The van der Waals surface area contributed by atoms with Gasteiger partial charge in [0.1, 0.15) is 0 Å². The van der Waals surface area contributed by atoms with Gasteiger partial charge in [-0.3, -0.25) is 0 Å². The monoisotopic (exact) mass is 275 g/mol. The highest BCUT2D eigenvalue weighted by Crippen LogP contribution is 2.32. The van der Waals surface area contributed by atoms with Gasteiger partial charge in [0.15, 0.2) is 11.4 Å². The molecule has 2 aromatic rings. The van der Waals surface area contributed by atoms with Crippen molar-refractivity contribution in [2.24, 2.45) is 5.73 Å². The van der Waals surface area contributed by atoms with Crippen molar-refractivity contribution in [2.75, 3.05) is 6.54 Å². The minimum absolute atomic E-state index is 0.0645. The van der Waals surface area contributed by atoms with E-state index in [2.05, 4.69) is 15.9 Å². The predicted molar refractivity (Wildman–Crippen MR) is 56.6 cm³/mol. The maximum Gasteiger partial charge on any atom is 0.201 e. The van der Waals surface area contributed by atoms with Crippen LogP contribution in [-0.4, -0.2) is 6.54 Å². The van der Waals surface area contributed by atoms with Gasteiger partial charge in [0.25, 0.3) is 0 Å². The molecule has 0 spiro atoms. The quantitative estimate of drug-likeness (QED) is 0.856. The van der Waals surface area contributed by atoms with E-state index in [0.29, 0.717) is 22.8 Å². The molecule has 1 aromatic carbocycles. The average molecular weight is 276 g/mol. The van der Waals surface area contributed by atoms with Crippen molar-refractivity contribution in [1.29, 1.82) is 0 Å². The Bertz CT molecular complexity index is 510. The molecule has 0 aliphatic rings. The largest absolute Gasteiger partial charge is 0.461 e.